The van der Waals surface area contributed by atoms with Crippen LogP contribution in [0.3, 0.4) is 0 Å². The first-order valence-corrected chi connectivity index (χ1v) is 9.81. The van der Waals surface area contributed by atoms with Crippen LogP contribution in [0.5, 0.6) is 0 Å². The van der Waals surface area contributed by atoms with E-state index in [9.17, 15) is 4.21 Å². The van der Waals surface area contributed by atoms with Gasteiger partial charge >= 0.3 is 0 Å². The maximum Gasteiger partial charge on any atom is 0.0878 e. The number of rotatable bonds is 4. The molecular weight excluding hydrogens is 268 g/mol. The van der Waals surface area contributed by atoms with Gasteiger partial charge in [-0.25, -0.2) is 0 Å². The zero-order valence-corrected chi connectivity index (χ0v) is 13.8. The fraction of sp³-hybridized carbons (Fsp3) is 0.882. The van der Waals surface area contributed by atoms with Gasteiger partial charge in [-0.15, -0.1) is 0 Å². The van der Waals surface area contributed by atoms with Crippen LogP contribution in [-0.2, 0) is 15.5 Å². The van der Waals surface area contributed by atoms with Gasteiger partial charge in [0, 0.05) is 22.3 Å². The predicted octanol–water partition coefficient (Wildman–Crippen LogP) is 4.57. The highest BCUT2D eigenvalue weighted by Gasteiger charge is 2.27. The summed E-state index contributed by atoms with van der Waals surface area (Å²) >= 11 is 0. The van der Waals surface area contributed by atoms with Crippen LogP contribution < -0.4 is 0 Å². The van der Waals surface area contributed by atoms with Crippen LogP contribution in [0.25, 0.3) is 0 Å². The summed E-state index contributed by atoms with van der Waals surface area (Å²) in [6.45, 7) is 3.09. The van der Waals surface area contributed by atoms with E-state index in [1.165, 1.54) is 56.9 Å². The molecule has 0 radical (unpaired) electrons. The third-order valence-electron chi connectivity index (χ3n) is 4.73. The Morgan fingerprint density at radius 2 is 1.90 bits per heavy atom. The zero-order chi connectivity index (χ0) is 14.3. The Bertz CT molecular complexity index is 343. The minimum absolute atomic E-state index is 0.219. The highest BCUT2D eigenvalue weighted by molar-refractivity contribution is 7.85. The van der Waals surface area contributed by atoms with E-state index in [1.807, 2.05) is 6.26 Å². The van der Waals surface area contributed by atoms with Gasteiger partial charge in [-0.3, -0.25) is 4.21 Å². The van der Waals surface area contributed by atoms with Gasteiger partial charge in [0.05, 0.1) is 12.9 Å². The number of hydrogen-bond acceptors (Lipinski definition) is 2. The number of allylic oxidation sites excluding steroid dienone is 1. The maximum atomic E-state index is 12.0. The summed E-state index contributed by atoms with van der Waals surface area (Å²) in [5.41, 5.74) is 1.71. The quantitative estimate of drug-likeness (QED) is 0.561. The lowest BCUT2D eigenvalue weighted by Crippen LogP contribution is -2.28. The molecule has 0 aromatic carbocycles. The van der Waals surface area contributed by atoms with Crippen molar-refractivity contribution >= 4 is 10.8 Å². The van der Waals surface area contributed by atoms with E-state index < -0.39 is 10.8 Å². The average molecular weight is 298 g/mol. The van der Waals surface area contributed by atoms with Crippen molar-refractivity contribution in [3.8, 4) is 0 Å². The third-order valence-corrected chi connectivity index (χ3v) is 6.49. The van der Waals surface area contributed by atoms with Crippen LogP contribution in [0.2, 0.25) is 0 Å². The summed E-state index contributed by atoms with van der Waals surface area (Å²) in [4.78, 5) is 0. The molecule has 0 spiro atoms. The van der Waals surface area contributed by atoms with Crippen LogP contribution in [-0.4, -0.2) is 22.3 Å². The molecule has 1 heterocycles. The summed E-state index contributed by atoms with van der Waals surface area (Å²) in [6, 6.07) is 0. The van der Waals surface area contributed by atoms with E-state index in [1.54, 1.807) is 0 Å². The summed E-state index contributed by atoms with van der Waals surface area (Å²) < 4.78 is 17.8. The van der Waals surface area contributed by atoms with Gasteiger partial charge in [0.1, 0.15) is 0 Å². The maximum absolute atomic E-state index is 12.0. The molecule has 2 nitrogen and oxygen atoms in total. The molecule has 20 heavy (non-hydrogen) atoms. The Morgan fingerprint density at radius 3 is 2.70 bits per heavy atom. The molecule has 2 rings (SSSR count). The summed E-state index contributed by atoms with van der Waals surface area (Å²) in [7, 11) is -0.619. The van der Waals surface area contributed by atoms with Gasteiger partial charge in [0.15, 0.2) is 0 Å². The first kappa shape index (κ1) is 16.1. The van der Waals surface area contributed by atoms with Crippen molar-refractivity contribution in [3.05, 3.63) is 11.8 Å². The molecule has 0 bridgehead atoms. The number of hydrogen-bond donors (Lipinski definition) is 0. The fourth-order valence-corrected chi connectivity index (χ4v) is 5.06. The summed E-state index contributed by atoms with van der Waals surface area (Å²) in [5.74, 6) is 1.77. The minimum Gasteiger partial charge on any atom is -0.501 e. The van der Waals surface area contributed by atoms with Gasteiger partial charge in [0.25, 0.3) is 0 Å². The Morgan fingerprint density at radius 1 is 1.15 bits per heavy atom. The first-order valence-electron chi connectivity index (χ1n) is 8.32. The van der Waals surface area contributed by atoms with E-state index in [2.05, 4.69) is 6.92 Å². The third kappa shape index (κ3) is 5.59. The monoisotopic (exact) mass is 298 g/mol. The molecule has 2 aliphatic rings. The standard InChI is InChI=1S/C17H30O2S/c1-17(10-6-3-7-13-20(18)15-17)11-12-19-14-16-8-4-2-5-9-16/h14H,2-13,15H2,1H3. The molecule has 0 N–H and O–H groups in total. The van der Waals surface area contributed by atoms with Crippen molar-refractivity contribution in [1.82, 2.24) is 0 Å². The Balaban J connectivity index is 1.74. The van der Waals surface area contributed by atoms with Crippen molar-refractivity contribution < 1.29 is 8.95 Å². The summed E-state index contributed by atoms with van der Waals surface area (Å²) in [6.07, 6.45) is 14.4. The van der Waals surface area contributed by atoms with E-state index in [0.29, 0.717) is 0 Å². The average Bonchev–Trinajstić information content (AvgIpc) is 2.43. The smallest absolute Gasteiger partial charge is 0.0878 e. The molecule has 3 heteroatoms. The molecule has 0 aromatic rings. The second kappa shape index (κ2) is 8.21. The van der Waals surface area contributed by atoms with Gasteiger partial charge in [-0.2, -0.15) is 0 Å². The lowest BCUT2D eigenvalue weighted by Gasteiger charge is -2.30. The molecule has 2 atom stereocenters. The van der Waals surface area contributed by atoms with Crippen LogP contribution in [0.1, 0.15) is 71.1 Å². The van der Waals surface area contributed by atoms with Crippen molar-refractivity contribution in [2.75, 3.05) is 18.1 Å². The minimum atomic E-state index is -0.619. The molecule has 1 saturated carbocycles. The highest BCUT2D eigenvalue weighted by atomic mass is 32.2. The van der Waals surface area contributed by atoms with Crippen molar-refractivity contribution in [1.29, 1.82) is 0 Å². The molecule has 116 valence electrons. The second-order valence-electron chi connectivity index (χ2n) is 6.87. The highest BCUT2D eigenvalue weighted by Crippen LogP contribution is 2.32. The SMILES string of the molecule is CC1(CCOC=C2CCCCC2)CCCCCS(=O)C1. The van der Waals surface area contributed by atoms with Gasteiger partial charge < -0.3 is 4.74 Å². The van der Waals surface area contributed by atoms with Crippen molar-refractivity contribution in [2.24, 2.45) is 5.41 Å². The fourth-order valence-electron chi connectivity index (χ4n) is 3.33. The normalized spacial score (nSPS) is 32.2. The van der Waals surface area contributed by atoms with Crippen molar-refractivity contribution in [2.45, 2.75) is 71.1 Å². The van der Waals surface area contributed by atoms with E-state index in [-0.39, 0.29) is 5.41 Å². The largest absolute Gasteiger partial charge is 0.501 e. The van der Waals surface area contributed by atoms with Gasteiger partial charge in [-0.05, 0) is 55.9 Å². The lowest BCUT2D eigenvalue weighted by molar-refractivity contribution is 0.176. The van der Waals surface area contributed by atoms with Crippen LogP contribution >= 0.6 is 0 Å². The topological polar surface area (TPSA) is 26.3 Å². The van der Waals surface area contributed by atoms with Crippen molar-refractivity contribution in [3.63, 3.8) is 0 Å². The second-order valence-corrected chi connectivity index (χ2v) is 8.44. The zero-order valence-electron chi connectivity index (χ0n) is 13.0. The molecule has 2 fully saturated rings. The Hall–Kier alpha value is -0.310. The Labute approximate surface area is 126 Å². The molecule has 1 saturated heterocycles. The summed E-state index contributed by atoms with van der Waals surface area (Å²) in [5, 5.41) is 0. The first-order chi connectivity index (χ1) is 9.68. The van der Waals surface area contributed by atoms with Crippen LogP contribution in [0.4, 0.5) is 0 Å². The van der Waals surface area contributed by atoms with E-state index in [4.69, 9.17) is 4.74 Å². The van der Waals surface area contributed by atoms with E-state index in [0.717, 1.165) is 31.0 Å². The van der Waals surface area contributed by atoms with Gasteiger partial charge in [0.2, 0.25) is 0 Å². The molecule has 0 aromatic heterocycles. The van der Waals surface area contributed by atoms with Gasteiger partial charge in [-0.1, -0.05) is 26.2 Å². The van der Waals surface area contributed by atoms with E-state index >= 15 is 0 Å². The molecule has 2 unspecified atom stereocenters. The predicted molar refractivity (Wildman–Crippen MR) is 86.2 cm³/mol. The Kier molecular flexibility index (Phi) is 6.60. The molecule has 1 aliphatic carbocycles. The van der Waals surface area contributed by atoms with Crippen LogP contribution in [0.15, 0.2) is 11.8 Å². The molecule has 0 amide bonds. The molecule has 1 aliphatic heterocycles. The lowest BCUT2D eigenvalue weighted by atomic mass is 9.83. The molecular formula is C17H30O2S. The van der Waals surface area contributed by atoms with Crippen LogP contribution in [0, 0.1) is 5.41 Å². The number of ether oxygens (including phenoxy) is 1.